The smallest absolute Gasteiger partial charge is 0.342 e. The number of Topliss-reactive ketones (excluding diaryl/α,β-unsaturated/α-hetero) is 1. The highest BCUT2D eigenvalue weighted by Crippen LogP contribution is 2.31. The van der Waals surface area contributed by atoms with Crippen molar-refractivity contribution in [3.8, 4) is 17.2 Å². The summed E-state index contributed by atoms with van der Waals surface area (Å²) in [6.45, 7) is 4.29. The van der Waals surface area contributed by atoms with Gasteiger partial charge in [0.05, 0.1) is 6.54 Å². The number of rotatable bonds is 6. The minimum Gasteiger partial charge on any atom is -0.507 e. The molecule has 1 atom stereocenters. The number of hydrogen-bond donors (Lipinski definition) is 1. The van der Waals surface area contributed by atoms with E-state index in [1.165, 1.54) is 12.1 Å². The first-order valence-corrected chi connectivity index (χ1v) is 9.97. The number of ketones is 1. The van der Waals surface area contributed by atoms with Crippen LogP contribution in [0.1, 0.15) is 32.1 Å². The molecule has 0 radical (unpaired) electrons. The Morgan fingerprint density at radius 1 is 1.06 bits per heavy atom. The highest BCUT2D eigenvalue weighted by Gasteiger charge is 2.24. The van der Waals surface area contributed by atoms with Gasteiger partial charge in [-0.25, -0.2) is 4.79 Å². The van der Waals surface area contributed by atoms with Gasteiger partial charge in [-0.15, -0.1) is 0 Å². The van der Waals surface area contributed by atoms with Gasteiger partial charge < -0.3 is 23.9 Å². The van der Waals surface area contributed by atoms with Crippen molar-refractivity contribution in [2.75, 3.05) is 13.2 Å². The summed E-state index contributed by atoms with van der Waals surface area (Å²) in [4.78, 5) is 24.9. The first-order valence-electron chi connectivity index (χ1n) is 9.97. The summed E-state index contributed by atoms with van der Waals surface area (Å²) in [6.07, 6.45) is -0.193. The molecule has 1 N–H and O–H groups in total. The van der Waals surface area contributed by atoms with Crippen molar-refractivity contribution in [1.29, 1.82) is 0 Å². The van der Waals surface area contributed by atoms with Crippen LogP contribution in [-0.2, 0) is 11.3 Å². The SMILES string of the molecule is Cc1cc(C(=O)COC(=O)c2ccccc2O)c(C)n1CC1COc2ccccc2O1. The molecule has 7 nitrogen and oxygen atoms in total. The summed E-state index contributed by atoms with van der Waals surface area (Å²) in [5.41, 5.74) is 2.18. The number of aromatic nitrogens is 1. The van der Waals surface area contributed by atoms with Crippen LogP contribution in [0.25, 0.3) is 0 Å². The molecule has 0 fully saturated rings. The van der Waals surface area contributed by atoms with E-state index in [9.17, 15) is 14.7 Å². The van der Waals surface area contributed by atoms with E-state index >= 15 is 0 Å². The zero-order valence-corrected chi connectivity index (χ0v) is 17.3. The number of phenolic OH excluding ortho intramolecular Hbond substituents is 1. The third-order valence-electron chi connectivity index (χ3n) is 5.29. The van der Waals surface area contributed by atoms with Crippen molar-refractivity contribution in [3.63, 3.8) is 0 Å². The number of phenols is 1. The zero-order chi connectivity index (χ0) is 22.0. The Balaban J connectivity index is 1.42. The lowest BCUT2D eigenvalue weighted by Gasteiger charge is -2.27. The topological polar surface area (TPSA) is 87.0 Å². The number of benzene rings is 2. The molecule has 1 unspecified atom stereocenters. The lowest BCUT2D eigenvalue weighted by atomic mass is 10.1. The van der Waals surface area contributed by atoms with Gasteiger partial charge in [0.25, 0.3) is 0 Å². The molecule has 7 heteroatoms. The molecule has 2 aromatic carbocycles. The molecule has 0 bridgehead atoms. The summed E-state index contributed by atoms with van der Waals surface area (Å²) in [6, 6.07) is 15.3. The van der Waals surface area contributed by atoms with Gasteiger partial charge in [0.15, 0.2) is 24.2 Å². The first kappa shape index (κ1) is 20.5. The van der Waals surface area contributed by atoms with Crippen LogP contribution in [0.4, 0.5) is 0 Å². The molecule has 0 saturated heterocycles. The number of fused-ring (bicyclic) bond motifs is 1. The second-order valence-corrected chi connectivity index (χ2v) is 7.41. The second kappa shape index (κ2) is 8.55. The maximum Gasteiger partial charge on any atom is 0.342 e. The standard InChI is InChI=1S/C24H23NO6/c1-15-11-19(21(27)14-30-24(28)18-7-3-4-8-20(18)26)16(2)25(15)12-17-13-29-22-9-5-6-10-23(22)31-17/h3-11,17,26H,12-14H2,1-2H3. The minimum absolute atomic E-state index is 0.0236. The van der Waals surface area contributed by atoms with E-state index in [2.05, 4.69) is 0 Å². The normalized spacial score (nSPS) is 14.8. The number of carbonyl (C=O) groups is 2. The molecule has 1 aliphatic rings. The highest BCUT2D eigenvalue weighted by molar-refractivity contribution is 6.00. The predicted octanol–water partition coefficient (Wildman–Crippen LogP) is 3.69. The monoisotopic (exact) mass is 421 g/mol. The van der Waals surface area contributed by atoms with Crippen molar-refractivity contribution >= 4 is 11.8 Å². The lowest BCUT2D eigenvalue weighted by molar-refractivity contribution is 0.0471. The van der Waals surface area contributed by atoms with Gasteiger partial charge in [-0.1, -0.05) is 24.3 Å². The molecule has 1 aromatic heterocycles. The van der Waals surface area contributed by atoms with E-state index in [1.54, 1.807) is 18.2 Å². The molecule has 1 aliphatic heterocycles. The Hall–Kier alpha value is -3.74. The van der Waals surface area contributed by atoms with Crippen LogP contribution >= 0.6 is 0 Å². The maximum absolute atomic E-state index is 12.7. The third-order valence-corrected chi connectivity index (χ3v) is 5.29. The number of nitrogens with zero attached hydrogens (tertiary/aromatic N) is 1. The molecule has 0 saturated carbocycles. The first-order chi connectivity index (χ1) is 14.9. The Bertz CT molecular complexity index is 1130. The summed E-state index contributed by atoms with van der Waals surface area (Å²) in [5.74, 6) is 0.186. The molecule has 0 spiro atoms. The highest BCUT2D eigenvalue weighted by atomic mass is 16.6. The second-order valence-electron chi connectivity index (χ2n) is 7.41. The number of hydrogen-bond acceptors (Lipinski definition) is 6. The van der Waals surface area contributed by atoms with Gasteiger partial charge in [-0.2, -0.15) is 0 Å². The van der Waals surface area contributed by atoms with Gasteiger partial charge >= 0.3 is 5.97 Å². The van der Waals surface area contributed by atoms with E-state index < -0.39 is 12.6 Å². The number of ether oxygens (including phenoxy) is 3. The van der Waals surface area contributed by atoms with Crippen LogP contribution < -0.4 is 9.47 Å². The molecule has 4 rings (SSSR count). The van der Waals surface area contributed by atoms with Crippen molar-refractivity contribution in [2.45, 2.75) is 26.5 Å². The van der Waals surface area contributed by atoms with Crippen LogP contribution in [0.2, 0.25) is 0 Å². The molecule has 0 aliphatic carbocycles. The molecule has 3 aromatic rings. The average Bonchev–Trinajstić information content (AvgIpc) is 3.06. The molecule has 160 valence electrons. The van der Waals surface area contributed by atoms with Crippen molar-refractivity contribution in [1.82, 2.24) is 4.57 Å². The number of para-hydroxylation sites is 3. The molecule has 31 heavy (non-hydrogen) atoms. The minimum atomic E-state index is -0.744. The summed E-state index contributed by atoms with van der Waals surface area (Å²) in [5, 5.41) is 9.75. The summed E-state index contributed by atoms with van der Waals surface area (Å²) < 4.78 is 18.9. The fourth-order valence-corrected chi connectivity index (χ4v) is 3.65. The quantitative estimate of drug-likeness (QED) is 0.483. The summed E-state index contributed by atoms with van der Waals surface area (Å²) >= 11 is 0. The Labute approximate surface area is 179 Å². The zero-order valence-electron chi connectivity index (χ0n) is 17.3. The van der Waals surface area contributed by atoms with Crippen LogP contribution in [-0.4, -0.2) is 40.7 Å². The molecular weight excluding hydrogens is 398 g/mol. The van der Waals surface area contributed by atoms with E-state index in [4.69, 9.17) is 14.2 Å². The van der Waals surface area contributed by atoms with Crippen LogP contribution in [0.15, 0.2) is 54.6 Å². The molecule has 2 heterocycles. The summed E-state index contributed by atoms with van der Waals surface area (Å²) in [7, 11) is 0. The third kappa shape index (κ3) is 4.26. The number of aryl methyl sites for hydroxylation is 1. The number of esters is 1. The molecular formula is C24H23NO6. The van der Waals surface area contributed by atoms with Gasteiger partial charge in [0.1, 0.15) is 17.9 Å². The fourth-order valence-electron chi connectivity index (χ4n) is 3.65. The number of carbonyl (C=O) groups excluding carboxylic acids is 2. The van der Waals surface area contributed by atoms with Crippen LogP contribution in [0, 0.1) is 13.8 Å². The largest absolute Gasteiger partial charge is 0.507 e. The van der Waals surface area contributed by atoms with Crippen molar-refractivity contribution < 1.29 is 28.9 Å². The van der Waals surface area contributed by atoms with Gasteiger partial charge in [0.2, 0.25) is 5.78 Å². The maximum atomic E-state index is 12.7. The Morgan fingerprint density at radius 3 is 2.55 bits per heavy atom. The van der Waals surface area contributed by atoms with Gasteiger partial charge in [-0.3, -0.25) is 4.79 Å². The average molecular weight is 421 g/mol. The lowest BCUT2D eigenvalue weighted by Crippen LogP contribution is -2.33. The van der Waals surface area contributed by atoms with E-state index in [-0.39, 0.29) is 23.2 Å². The fraction of sp³-hybridized carbons (Fsp3) is 0.250. The van der Waals surface area contributed by atoms with Crippen molar-refractivity contribution in [2.24, 2.45) is 0 Å². The predicted molar refractivity (Wildman–Crippen MR) is 113 cm³/mol. The van der Waals surface area contributed by atoms with E-state index in [0.29, 0.717) is 24.5 Å². The van der Waals surface area contributed by atoms with Crippen LogP contribution in [0.5, 0.6) is 17.2 Å². The Morgan fingerprint density at radius 2 is 1.77 bits per heavy atom. The van der Waals surface area contributed by atoms with E-state index in [1.807, 2.05) is 42.7 Å². The van der Waals surface area contributed by atoms with Gasteiger partial charge in [-0.05, 0) is 44.2 Å². The molecule has 0 amide bonds. The Kier molecular flexibility index (Phi) is 5.66. The van der Waals surface area contributed by atoms with Gasteiger partial charge in [0, 0.05) is 17.0 Å². The van der Waals surface area contributed by atoms with Crippen molar-refractivity contribution in [3.05, 3.63) is 77.1 Å². The van der Waals surface area contributed by atoms with Crippen LogP contribution in [0.3, 0.4) is 0 Å². The van der Waals surface area contributed by atoms with E-state index in [0.717, 1.165) is 17.1 Å². The number of aromatic hydroxyl groups is 1.